The molecule has 1 fully saturated rings. The van der Waals surface area contributed by atoms with Gasteiger partial charge in [0, 0.05) is 19.3 Å². The van der Waals surface area contributed by atoms with Crippen LogP contribution in [-0.2, 0) is 17.1 Å². The Morgan fingerprint density at radius 1 is 1.35 bits per heavy atom. The van der Waals surface area contributed by atoms with Gasteiger partial charge in [0.2, 0.25) is 10.0 Å². The van der Waals surface area contributed by atoms with Gasteiger partial charge in [0.15, 0.2) is 0 Å². The Kier molecular flexibility index (Phi) is 4.17. The van der Waals surface area contributed by atoms with Gasteiger partial charge in [0.05, 0.1) is 0 Å². The van der Waals surface area contributed by atoms with E-state index in [-0.39, 0.29) is 16.6 Å². The number of amides is 1. The molecule has 1 aliphatic heterocycles. The van der Waals surface area contributed by atoms with Gasteiger partial charge in [-0.15, -0.1) is 0 Å². The van der Waals surface area contributed by atoms with Crippen LogP contribution in [0.1, 0.15) is 23.3 Å². The summed E-state index contributed by atoms with van der Waals surface area (Å²) >= 11 is 0. The third-order valence-electron chi connectivity index (χ3n) is 3.58. The molecule has 0 bridgehead atoms. The fourth-order valence-corrected chi connectivity index (χ4v) is 3.71. The van der Waals surface area contributed by atoms with E-state index < -0.39 is 15.9 Å². The molecule has 1 saturated heterocycles. The van der Waals surface area contributed by atoms with Crippen LogP contribution in [-0.4, -0.2) is 50.0 Å². The van der Waals surface area contributed by atoms with Gasteiger partial charge in [0.1, 0.15) is 10.6 Å². The lowest BCUT2D eigenvalue weighted by Crippen LogP contribution is -2.43. The highest BCUT2D eigenvalue weighted by molar-refractivity contribution is 7.89. The summed E-state index contributed by atoms with van der Waals surface area (Å²) in [6.07, 6.45) is 2.97. The lowest BCUT2D eigenvalue weighted by atomic mass is 10.1. The van der Waals surface area contributed by atoms with Crippen LogP contribution >= 0.6 is 0 Å². The summed E-state index contributed by atoms with van der Waals surface area (Å²) in [4.78, 5) is 13.4. The van der Waals surface area contributed by atoms with Gasteiger partial charge < -0.3 is 15.2 Å². The molecule has 112 valence electrons. The number of likely N-dealkylation sites (tertiary alicyclic amines) is 1. The largest absolute Gasteiger partial charge is 0.364 e. The zero-order valence-corrected chi connectivity index (χ0v) is 12.5. The molecule has 0 radical (unpaired) electrons. The number of nitrogens with zero attached hydrogens (tertiary/aromatic N) is 2. The molecule has 0 atom stereocenters. The summed E-state index contributed by atoms with van der Waals surface area (Å²) in [5, 5.41) is 0. The highest BCUT2D eigenvalue weighted by atomic mass is 32.2. The highest BCUT2D eigenvalue weighted by Gasteiger charge is 2.25. The highest BCUT2D eigenvalue weighted by Crippen LogP contribution is 2.16. The van der Waals surface area contributed by atoms with E-state index in [1.54, 1.807) is 7.05 Å². The van der Waals surface area contributed by atoms with Crippen LogP contribution in [0.15, 0.2) is 17.2 Å². The molecule has 8 heteroatoms. The van der Waals surface area contributed by atoms with Crippen LogP contribution in [0, 0.1) is 0 Å². The van der Waals surface area contributed by atoms with Gasteiger partial charge in [-0.3, -0.25) is 4.79 Å². The van der Waals surface area contributed by atoms with Crippen LogP contribution in [0.3, 0.4) is 0 Å². The van der Waals surface area contributed by atoms with Crippen LogP contribution in [0.2, 0.25) is 0 Å². The quantitative estimate of drug-likeness (QED) is 0.783. The number of hydrogen-bond donors (Lipinski definition) is 2. The summed E-state index contributed by atoms with van der Waals surface area (Å²) in [7, 11) is -0.00282. The van der Waals surface area contributed by atoms with E-state index >= 15 is 0 Å². The molecule has 1 aliphatic rings. The maximum absolute atomic E-state index is 12.3. The molecular formula is C12H20N4O3S. The van der Waals surface area contributed by atoms with Crippen molar-refractivity contribution in [3.05, 3.63) is 18.0 Å². The van der Waals surface area contributed by atoms with Crippen molar-refractivity contribution < 1.29 is 13.2 Å². The lowest BCUT2D eigenvalue weighted by Gasteiger charge is -2.29. The Morgan fingerprint density at radius 2 is 1.95 bits per heavy atom. The number of carbonyl (C=O) groups is 1. The van der Waals surface area contributed by atoms with Crippen LogP contribution < -0.4 is 10.5 Å². The molecular weight excluding hydrogens is 280 g/mol. The van der Waals surface area contributed by atoms with E-state index in [4.69, 9.17) is 5.73 Å². The predicted molar refractivity (Wildman–Crippen MR) is 74.8 cm³/mol. The van der Waals surface area contributed by atoms with Gasteiger partial charge in [-0.05, 0) is 39.0 Å². The lowest BCUT2D eigenvalue weighted by molar-refractivity contribution is 0.0992. The molecule has 0 aliphatic carbocycles. The average molecular weight is 300 g/mol. The molecule has 1 aromatic rings. The predicted octanol–water partition coefficient (Wildman–Crippen LogP) is -0.503. The van der Waals surface area contributed by atoms with Crippen molar-refractivity contribution in [2.24, 2.45) is 12.8 Å². The van der Waals surface area contributed by atoms with Gasteiger partial charge >= 0.3 is 0 Å². The van der Waals surface area contributed by atoms with E-state index in [9.17, 15) is 13.2 Å². The second-order valence-electron chi connectivity index (χ2n) is 5.24. The summed E-state index contributed by atoms with van der Waals surface area (Å²) in [5.41, 5.74) is 5.36. The minimum Gasteiger partial charge on any atom is -0.364 e. The number of carbonyl (C=O) groups excluding carboxylic acids is 1. The van der Waals surface area contributed by atoms with Crippen molar-refractivity contribution in [2.75, 3.05) is 20.1 Å². The van der Waals surface area contributed by atoms with E-state index in [0.29, 0.717) is 0 Å². The summed E-state index contributed by atoms with van der Waals surface area (Å²) < 4.78 is 28.7. The standard InChI is InChI=1S/C12H20N4O3S/c1-15-5-3-9(4-6-15)14-20(18,19)10-7-11(12(13)17)16(2)8-10/h7-9,14H,3-6H2,1-2H3,(H2,13,17). The number of rotatable bonds is 4. The van der Waals surface area contributed by atoms with E-state index in [0.717, 1.165) is 25.9 Å². The molecule has 7 nitrogen and oxygen atoms in total. The molecule has 3 N–H and O–H groups in total. The van der Waals surface area contributed by atoms with Crippen molar-refractivity contribution in [2.45, 2.75) is 23.8 Å². The van der Waals surface area contributed by atoms with Gasteiger partial charge in [-0.2, -0.15) is 0 Å². The maximum atomic E-state index is 12.3. The first-order valence-electron chi connectivity index (χ1n) is 6.46. The van der Waals surface area contributed by atoms with Crippen LogP contribution in [0.5, 0.6) is 0 Å². The number of sulfonamides is 1. The Balaban J connectivity index is 2.14. The number of aryl methyl sites for hydroxylation is 1. The second kappa shape index (κ2) is 5.55. The number of aromatic nitrogens is 1. The zero-order chi connectivity index (χ0) is 14.9. The Bertz CT molecular complexity index is 600. The first-order chi connectivity index (χ1) is 9.29. The minimum absolute atomic E-state index is 0.0616. The first-order valence-corrected chi connectivity index (χ1v) is 7.95. The van der Waals surface area contributed by atoms with Crippen molar-refractivity contribution in [1.82, 2.24) is 14.2 Å². The smallest absolute Gasteiger partial charge is 0.265 e. The third kappa shape index (κ3) is 3.20. The summed E-state index contributed by atoms with van der Waals surface area (Å²) in [6.45, 7) is 1.74. The van der Waals surface area contributed by atoms with Crippen LogP contribution in [0.4, 0.5) is 0 Å². The Hall–Kier alpha value is -1.38. The molecule has 2 heterocycles. The third-order valence-corrected chi connectivity index (χ3v) is 5.07. The molecule has 1 aromatic heterocycles. The number of piperidine rings is 1. The summed E-state index contributed by atoms with van der Waals surface area (Å²) in [6, 6.07) is 1.24. The molecule has 2 rings (SSSR count). The maximum Gasteiger partial charge on any atom is 0.265 e. The molecule has 0 spiro atoms. The number of nitrogens with two attached hydrogens (primary N) is 1. The van der Waals surface area contributed by atoms with Crippen molar-refractivity contribution >= 4 is 15.9 Å². The normalized spacial score (nSPS) is 18.3. The first kappa shape index (κ1) is 15.0. The zero-order valence-electron chi connectivity index (χ0n) is 11.7. The van der Waals surface area contributed by atoms with E-state index in [1.807, 2.05) is 7.05 Å². The minimum atomic E-state index is -3.61. The van der Waals surface area contributed by atoms with Gasteiger partial charge in [-0.1, -0.05) is 0 Å². The number of nitrogens with one attached hydrogen (secondary N) is 1. The van der Waals surface area contributed by atoms with Crippen molar-refractivity contribution in [3.8, 4) is 0 Å². The summed E-state index contributed by atoms with van der Waals surface area (Å²) in [5.74, 6) is -0.645. The monoisotopic (exact) mass is 300 g/mol. The Morgan fingerprint density at radius 3 is 2.45 bits per heavy atom. The van der Waals surface area contributed by atoms with E-state index in [1.165, 1.54) is 16.8 Å². The van der Waals surface area contributed by atoms with Gasteiger partial charge in [-0.25, -0.2) is 13.1 Å². The SMILES string of the molecule is CN1CCC(NS(=O)(=O)c2cc(C(N)=O)n(C)c2)CC1. The van der Waals surface area contributed by atoms with Crippen molar-refractivity contribution in [1.29, 1.82) is 0 Å². The molecule has 0 aromatic carbocycles. The fraction of sp³-hybridized carbons (Fsp3) is 0.583. The topological polar surface area (TPSA) is 97.4 Å². The van der Waals surface area contributed by atoms with Crippen LogP contribution in [0.25, 0.3) is 0 Å². The molecule has 1 amide bonds. The Labute approximate surface area is 118 Å². The molecule has 0 unspecified atom stereocenters. The fourth-order valence-electron chi connectivity index (χ4n) is 2.34. The average Bonchev–Trinajstić information content (AvgIpc) is 2.75. The van der Waals surface area contributed by atoms with E-state index in [2.05, 4.69) is 9.62 Å². The number of hydrogen-bond acceptors (Lipinski definition) is 4. The van der Waals surface area contributed by atoms with Gasteiger partial charge in [0.25, 0.3) is 5.91 Å². The van der Waals surface area contributed by atoms with Crippen molar-refractivity contribution in [3.63, 3.8) is 0 Å². The molecule has 0 saturated carbocycles. The second-order valence-corrected chi connectivity index (χ2v) is 6.95. The molecule has 20 heavy (non-hydrogen) atoms. The number of primary amides is 1.